The first-order valence-corrected chi connectivity index (χ1v) is 5.08. The molecular formula is C9H15F3N2O3. The van der Waals surface area contributed by atoms with Crippen LogP contribution in [0.4, 0.5) is 13.2 Å². The molecule has 5 nitrogen and oxygen atoms in total. The lowest BCUT2D eigenvalue weighted by molar-refractivity contribution is -0.192. The Labute approximate surface area is 96.5 Å². The first-order valence-electron chi connectivity index (χ1n) is 5.08. The van der Waals surface area contributed by atoms with Gasteiger partial charge in [-0.1, -0.05) is 0 Å². The van der Waals surface area contributed by atoms with E-state index in [-0.39, 0.29) is 5.60 Å². The summed E-state index contributed by atoms with van der Waals surface area (Å²) >= 11 is 0. The number of likely N-dealkylation sites (N-methyl/N-ethyl adjacent to an activating group) is 1. The van der Waals surface area contributed by atoms with Crippen molar-refractivity contribution < 1.29 is 27.8 Å². The summed E-state index contributed by atoms with van der Waals surface area (Å²) in [5.41, 5.74) is 0.188. The van der Waals surface area contributed by atoms with Gasteiger partial charge in [-0.2, -0.15) is 13.2 Å². The van der Waals surface area contributed by atoms with Gasteiger partial charge in [-0.3, -0.25) is 0 Å². The smallest absolute Gasteiger partial charge is 0.475 e. The molecule has 0 saturated carbocycles. The summed E-state index contributed by atoms with van der Waals surface area (Å²) in [5.74, 6) is -2.76. The van der Waals surface area contributed by atoms with Gasteiger partial charge in [-0.15, -0.1) is 0 Å². The van der Waals surface area contributed by atoms with Gasteiger partial charge in [0.2, 0.25) is 0 Å². The van der Waals surface area contributed by atoms with Gasteiger partial charge < -0.3 is 20.1 Å². The number of halogens is 3. The molecule has 0 bridgehead atoms. The van der Waals surface area contributed by atoms with Gasteiger partial charge >= 0.3 is 12.1 Å². The van der Waals surface area contributed by atoms with Crippen LogP contribution in [0.1, 0.15) is 0 Å². The second-order valence-electron chi connectivity index (χ2n) is 4.18. The molecule has 2 aliphatic rings. The minimum atomic E-state index is -5.08. The van der Waals surface area contributed by atoms with Crippen LogP contribution in [0, 0.1) is 0 Å². The number of hydrogen-bond acceptors (Lipinski definition) is 4. The maximum atomic E-state index is 10.6. The second-order valence-corrected chi connectivity index (χ2v) is 4.18. The first kappa shape index (κ1) is 14.2. The zero-order chi connectivity index (χ0) is 13.1. The van der Waals surface area contributed by atoms with Gasteiger partial charge in [0.1, 0.15) is 5.60 Å². The summed E-state index contributed by atoms with van der Waals surface area (Å²) in [6.07, 6.45) is -5.08. The number of nitrogens with one attached hydrogen (secondary N) is 1. The summed E-state index contributed by atoms with van der Waals surface area (Å²) in [6.45, 7) is 5.16. The summed E-state index contributed by atoms with van der Waals surface area (Å²) in [6, 6.07) is 0. The number of alkyl halides is 3. The molecule has 2 saturated heterocycles. The van der Waals surface area contributed by atoms with Crippen LogP contribution in [-0.4, -0.2) is 67.6 Å². The quantitative estimate of drug-likeness (QED) is 0.635. The van der Waals surface area contributed by atoms with Crippen LogP contribution in [0.25, 0.3) is 0 Å². The monoisotopic (exact) mass is 256 g/mol. The van der Waals surface area contributed by atoms with Crippen LogP contribution in [0.15, 0.2) is 0 Å². The van der Waals surface area contributed by atoms with Crippen LogP contribution in [0.3, 0.4) is 0 Å². The summed E-state index contributed by atoms with van der Waals surface area (Å²) in [4.78, 5) is 11.2. The summed E-state index contributed by atoms with van der Waals surface area (Å²) in [5, 5.41) is 10.4. The third-order valence-electron chi connectivity index (χ3n) is 2.58. The Hall–Kier alpha value is -0.860. The first-order chi connectivity index (χ1) is 7.75. The van der Waals surface area contributed by atoms with Crippen molar-refractivity contribution in [3.63, 3.8) is 0 Å². The minimum absolute atomic E-state index is 0.188. The Bertz CT molecular complexity index is 279. The predicted octanol–water partition coefficient (Wildman–Crippen LogP) is -0.0763. The number of carboxylic acid groups (broad SMARTS) is 1. The summed E-state index contributed by atoms with van der Waals surface area (Å²) < 4.78 is 37.4. The van der Waals surface area contributed by atoms with Gasteiger partial charge in [0.15, 0.2) is 0 Å². The predicted molar refractivity (Wildman–Crippen MR) is 52.7 cm³/mol. The van der Waals surface area contributed by atoms with Crippen LogP contribution in [-0.2, 0) is 9.53 Å². The van der Waals surface area contributed by atoms with E-state index in [0.717, 1.165) is 32.8 Å². The van der Waals surface area contributed by atoms with Crippen molar-refractivity contribution in [3.05, 3.63) is 0 Å². The van der Waals surface area contributed by atoms with Crippen molar-refractivity contribution in [2.24, 2.45) is 0 Å². The van der Waals surface area contributed by atoms with Crippen LogP contribution < -0.4 is 5.32 Å². The average molecular weight is 256 g/mol. The third kappa shape index (κ3) is 4.14. The van der Waals surface area contributed by atoms with Gasteiger partial charge in [-0.25, -0.2) is 4.79 Å². The van der Waals surface area contributed by atoms with Gasteiger partial charge in [-0.05, 0) is 7.05 Å². The standard InChI is InChI=1S/C7H14N2O.C2HF3O2/c1-9-2-3-10-7(6-9)4-8-5-7;3-2(4,5)1(6)7/h8H,2-6H2,1H3;(H,6,7). The van der Waals surface area contributed by atoms with Crippen molar-refractivity contribution in [2.75, 3.05) is 39.8 Å². The number of nitrogens with zero attached hydrogens (tertiary/aromatic N) is 1. The lowest BCUT2D eigenvalue weighted by Gasteiger charge is -2.47. The van der Waals surface area contributed by atoms with Crippen molar-refractivity contribution in [3.8, 4) is 0 Å². The highest BCUT2D eigenvalue weighted by Gasteiger charge is 2.41. The van der Waals surface area contributed by atoms with Crippen molar-refractivity contribution >= 4 is 5.97 Å². The Morgan fingerprint density at radius 2 is 2.00 bits per heavy atom. The maximum absolute atomic E-state index is 10.6. The van der Waals surface area contributed by atoms with Gasteiger partial charge in [0, 0.05) is 26.2 Å². The molecule has 2 rings (SSSR count). The van der Waals surface area contributed by atoms with E-state index in [1.54, 1.807) is 0 Å². The Morgan fingerprint density at radius 1 is 1.47 bits per heavy atom. The third-order valence-corrected chi connectivity index (χ3v) is 2.58. The number of carbonyl (C=O) groups is 1. The molecule has 0 aromatic heterocycles. The topological polar surface area (TPSA) is 61.8 Å². The number of ether oxygens (including phenoxy) is 1. The number of morpholine rings is 1. The molecule has 8 heteroatoms. The molecule has 100 valence electrons. The van der Waals surface area contributed by atoms with Crippen LogP contribution in [0.2, 0.25) is 0 Å². The van der Waals surface area contributed by atoms with E-state index >= 15 is 0 Å². The zero-order valence-electron chi connectivity index (χ0n) is 9.38. The molecule has 0 radical (unpaired) electrons. The highest BCUT2D eigenvalue weighted by atomic mass is 19.4. The molecule has 0 aromatic carbocycles. The molecule has 2 fully saturated rings. The highest BCUT2D eigenvalue weighted by Crippen LogP contribution is 2.20. The van der Waals surface area contributed by atoms with Crippen molar-refractivity contribution in [2.45, 2.75) is 11.8 Å². The van der Waals surface area contributed by atoms with Crippen LogP contribution in [0.5, 0.6) is 0 Å². The number of hydrogen-bond donors (Lipinski definition) is 2. The molecular weight excluding hydrogens is 241 g/mol. The number of rotatable bonds is 0. The van der Waals surface area contributed by atoms with Crippen molar-refractivity contribution in [1.82, 2.24) is 10.2 Å². The largest absolute Gasteiger partial charge is 0.490 e. The van der Waals surface area contributed by atoms with E-state index in [9.17, 15) is 13.2 Å². The van der Waals surface area contributed by atoms with E-state index < -0.39 is 12.1 Å². The number of aliphatic carboxylic acids is 1. The minimum Gasteiger partial charge on any atom is -0.475 e. The molecule has 2 heterocycles. The van der Waals surface area contributed by atoms with E-state index in [2.05, 4.69) is 17.3 Å². The molecule has 17 heavy (non-hydrogen) atoms. The lowest BCUT2D eigenvalue weighted by Crippen LogP contribution is -2.68. The molecule has 1 spiro atoms. The molecule has 2 aliphatic heterocycles. The Balaban J connectivity index is 0.000000185. The van der Waals surface area contributed by atoms with E-state index in [4.69, 9.17) is 14.6 Å². The number of carboxylic acids is 1. The average Bonchev–Trinajstić information content (AvgIpc) is 2.15. The fraction of sp³-hybridized carbons (Fsp3) is 0.889. The van der Waals surface area contributed by atoms with Crippen LogP contribution >= 0.6 is 0 Å². The fourth-order valence-electron chi connectivity index (χ4n) is 1.65. The fourth-order valence-corrected chi connectivity index (χ4v) is 1.65. The Morgan fingerprint density at radius 3 is 2.24 bits per heavy atom. The summed E-state index contributed by atoms with van der Waals surface area (Å²) in [7, 11) is 2.16. The highest BCUT2D eigenvalue weighted by molar-refractivity contribution is 5.73. The molecule has 0 amide bonds. The molecule has 2 N–H and O–H groups in total. The van der Waals surface area contributed by atoms with E-state index in [1.807, 2.05) is 0 Å². The Kier molecular flexibility index (Phi) is 4.34. The molecule has 0 aliphatic carbocycles. The normalized spacial score (nSPS) is 23.5. The van der Waals surface area contributed by atoms with Gasteiger partial charge in [0.25, 0.3) is 0 Å². The molecule has 0 aromatic rings. The van der Waals surface area contributed by atoms with Crippen molar-refractivity contribution in [1.29, 1.82) is 0 Å². The molecule has 0 unspecified atom stereocenters. The zero-order valence-corrected chi connectivity index (χ0v) is 9.38. The van der Waals surface area contributed by atoms with E-state index in [1.165, 1.54) is 0 Å². The second kappa shape index (κ2) is 5.19. The van der Waals surface area contributed by atoms with E-state index in [0.29, 0.717) is 0 Å². The lowest BCUT2D eigenvalue weighted by atomic mass is 9.95. The molecule has 0 atom stereocenters. The SMILES string of the molecule is CN1CCOC2(CNC2)C1.O=C(O)C(F)(F)F. The maximum Gasteiger partial charge on any atom is 0.490 e. The van der Waals surface area contributed by atoms with Gasteiger partial charge in [0.05, 0.1) is 6.61 Å².